The zero-order valence-electron chi connectivity index (χ0n) is 16.6. The van der Waals surface area contributed by atoms with E-state index in [1.165, 1.54) is 12.0 Å². The van der Waals surface area contributed by atoms with E-state index in [0.29, 0.717) is 12.0 Å². The Kier molecular flexibility index (Phi) is 5.03. The van der Waals surface area contributed by atoms with Gasteiger partial charge in [0, 0.05) is 36.1 Å². The van der Waals surface area contributed by atoms with Crippen molar-refractivity contribution in [2.75, 3.05) is 13.1 Å². The van der Waals surface area contributed by atoms with Crippen LogP contribution in [0.4, 0.5) is 0 Å². The topological polar surface area (TPSA) is 45.2 Å². The predicted molar refractivity (Wildman–Crippen MR) is 116 cm³/mol. The molecule has 29 heavy (non-hydrogen) atoms. The second kappa shape index (κ2) is 7.96. The molecule has 0 radical (unpaired) electrons. The summed E-state index contributed by atoms with van der Waals surface area (Å²) < 4.78 is 0. The van der Waals surface area contributed by atoms with Crippen LogP contribution < -0.4 is 5.32 Å². The third-order valence-corrected chi connectivity index (χ3v) is 6.59. The molecule has 1 aromatic heterocycles. The average Bonchev–Trinajstić information content (AvgIpc) is 3.04. The smallest absolute Gasteiger partial charge is 0.256 e. The number of hydrogen-bond acceptors (Lipinski definition) is 3. The first kappa shape index (κ1) is 18.3. The molecule has 1 amide bonds. The molecule has 4 heteroatoms. The van der Waals surface area contributed by atoms with Crippen LogP contribution in [0.5, 0.6) is 0 Å². The molecule has 2 saturated heterocycles. The maximum atomic E-state index is 13.7. The van der Waals surface area contributed by atoms with Gasteiger partial charge < -0.3 is 10.2 Å². The van der Waals surface area contributed by atoms with Gasteiger partial charge in [-0.1, -0.05) is 55.0 Å². The molecular weight excluding hydrogens is 358 g/mol. The Bertz CT molecular complexity index is 998. The van der Waals surface area contributed by atoms with Gasteiger partial charge in [0.2, 0.25) is 0 Å². The van der Waals surface area contributed by atoms with Crippen molar-refractivity contribution < 1.29 is 4.79 Å². The third kappa shape index (κ3) is 3.42. The summed E-state index contributed by atoms with van der Waals surface area (Å²) in [5.74, 6) is 0.577. The fourth-order valence-electron chi connectivity index (χ4n) is 5.20. The molecule has 1 N–H and O–H groups in total. The van der Waals surface area contributed by atoms with Gasteiger partial charge in [0.05, 0.1) is 11.1 Å². The van der Waals surface area contributed by atoms with Crippen molar-refractivity contribution >= 4 is 16.8 Å². The first-order valence-corrected chi connectivity index (χ1v) is 10.8. The lowest BCUT2D eigenvalue weighted by molar-refractivity contribution is 0.0511. The van der Waals surface area contributed by atoms with E-state index in [1.54, 1.807) is 6.20 Å². The van der Waals surface area contributed by atoms with Crippen molar-refractivity contribution in [1.29, 1.82) is 0 Å². The highest BCUT2D eigenvalue weighted by atomic mass is 16.2. The molecule has 3 atom stereocenters. The number of fused-ring (bicyclic) bond motifs is 2. The van der Waals surface area contributed by atoms with Gasteiger partial charge in [-0.2, -0.15) is 0 Å². The number of nitrogens with zero attached hydrogens (tertiary/aromatic N) is 2. The van der Waals surface area contributed by atoms with Crippen molar-refractivity contribution in [3.05, 3.63) is 78.0 Å². The number of likely N-dealkylation sites (tertiary alicyclic amines) is 1. The minimum absolute atomic E-state index is 0.125. The standard InChI is InChI=1S/C25H27N3O/c29-25(21-12-6-10-19-11-7-16-26-23(19)21)28-17-14-20(18-8-2-1-3-9-18)24-22(28)13-4-5-15-27-24/h1-3,6-12,16,20,22,24,27H,4-5,13-15,17H2/t20-,22-,24-/m1/s1. The van der Waals surface area contributed by atoms with Gasteiger partial charge in [-0.15, -0.1) is 0 Å². The van der Waals surface area contributed by atoms with Crippen molar-refractivity contribution in [3.63, 3.8) is 0 Å². The second-order valence-electron chi connectivity index (χ2n) is 8.23. The Hall–Kier alpha value is -2.72. The van der Waals surface area contributed by atoms with Crippen LogP contribution in [0.15, 0.2) is 66.9 Å². The van der Waals surface area contributed by atoms with Gasteiger partial charge in [-0.3, -0.25) is 9.78 Å². The lowest BCUT2D eigenvalue weighted by Gasteiger charge is -2.45. The molecule has 2 aliphatic heterocycles. The Morgan fingerprint density at radius 3 is 2.72 bits per heavy atom. The summed E-state index contributed by atoms with van der Waals surface area (Å²) >= 11 is 0. The maximum Gasteiger partial charge on any atom is 0.256 e. The molecule has 3 aromatic rings. The zero-order valence-corrected chi connectivity index (χ0v) is 16.6. The van der Waals surface area contributed by atoms with Crippen LogP contribution in [0.3, 0.4) is 0 Å². The molecule has 3 heterocycles. The number of para-hydroxylation sites is 1. The summed E-state index contributed by atoms with van der Waals surface area (Å²) in [5, 5.41) is 4.82. The number of pyridine rings is 1. The first-order chi connectivity index (χ1) is 14.3. The number of aromatic nitrogens is 1. The number of carbonyl (C=O) groups excluding carboxylic acids is 1. The summed E-state index contributed by atoms with van der Waals surface area (Å²) in [5.41, 5.74) is 2.92. The highest BCUT2D eigenvalue weighted by Gasteiger charge is 2.41. The number of benzene rings is 2. The summed E-state index contributed by atoms with van der Waals surface area (Å²) in [6.07, 6.45) is 6.16. The molecular formula is C25H27N3O. The van der Waals surface area contributed by atoms with Crippen molar-refractivity contribution in [2.45, 2.75) is 43.7 Å². The van der Waals surface area contributed by atoms with Crippen LogP contribution in [0.2, 0.25) is 0 Å². The van der Waals surface area contributed by atoms with E-state index in [0.717, 1.165) is 48.8 Å². The molecule has 0 spiro atoms. The third-order valence-electron chi connectivity index (χ3n) is 6.59. The van der Waals surface area contributed by atoms with E-state index in [2.05, 4.69) is 45.5 Å². The van der Waals surface area contributed by atoms with Gasteiger partial charge >= 0.3 is 0 Å². The monoisotopic (exact) mass is 385 g/mol. The average molecular weight is 386 g/mol. The molecule has 0 bridgehead atoms. The van der Waals surface area contributed by atoms with E-state index in [4.69, 9.17) is 0 Å². The highest BCUT2D eigenvalue weighted by Crippen LogP contribution is 2.36. The van der Waals surface area contributed by atoms with E-state index in [1.807, 2.05) is 30.3 Å². The lowest BCUT2D eigenvalue weighted by atomic mass is 9.79. The van der Waals surface area contributed by atoms with Gasteiger partial charge in [0.25, 0.3) is 5.91 Å². The van der Waals surface area contributed by atoms with E-state index in [-0.39, 0.29) is 11.9 Å². The van der Waals surface area contributed by atoms with Crippen LogP contribution in [-0.2, 0) is 0 Å². The SMILES string of the molecule is O=C(c1cccc2cccnc12)N1CC[C@H](c2ccccc2)[C@H]2NCCCC[C@H]21. The summed E-state index contributed by atoms with van der Waals surface area (Å²) in [7, 11) is 0. The number of rotatable bonds is 2. The lowest BCUT2D eigenvalue weighted by Crippen LogP contribution is -2.58. The fraction of sp³-hybridized carbons (Fsp3) is 0.360. The van der Waals surface area contributed by atoms with Crippen LogP contribution in [0.1, 0.15) is 47.5 Å². The maximum absolute atomic E-state index is 13.7. The van der Waals surface area contributed by atoms with Gasteiger partial charge in [-0.05, 0) is 43.5 Å². The predicted octanol–water partition coefficient (Wildman–Crippen LogP) is 4.38. The summed E-state index contributed by atoms with van der Waals surface area (Å²) in [6, 6.07) is 21.2. The van der Waals surface area contributed by atoms with Crippen molar-refractivity contribution in [1.82, 2.24) is 15.2 Å². The first-order valence-electron chi connectivity index (χ1n) is 10.8. The highest BCUT2D eigenvalue weighted by molar-refractivity contribution is 6.05. The molecule has 148 valence electrons. The molecule has 2 aromatic carbocycles. The van der Waals surface area contributed by atoms with E-state index < -0.39 is 0 Å². The number of carbonyl (C=O) groups is 1. The number of piperidine rings is 1. The number of hydrogen-bond donors (Lipinski definition) is 1. The largest absolute Gasteiger partial charge is 0.334 e. The van der Waals surface area contributed by atoms with Crippen LogP contribution in [0, 0.1) is 0 Å². The fourth-order valence-corrected chi connectivity index (χ4v) is 5.20. The quantitative estimate of drug-likeness (QED) is 0.712. The molecule has 0 saturated carbocycles. The van der Waals surface area contributed by atoms with Crippen molar-refractivity contribution in [3.8, 4) is 0 Å². The molecule has 2 fully saturated rings. The normalized spacial score (nSPS) is 24.7. The summed E-state index contributed by atoms with van der Waals surface area (Å²) in [6.45, 7) is 1.83. The Morgan fingerprint density at radius 2 is 1.83 bits per heavy atom. The minimum atomic E-state index is 0.125. The van der Waals surface area contributed by atoms with Gasteiger partial charge in [-0.25, -0.2) is 0 Å². The minimum Gasteiger partial charge on any atom is -0.334 e. The van der Waals surface area contributed by atoms with E-state index in [9.17, 15) is 4.79 Å². The van der Waals surface area contributed by atoms with Crippen molar-refractivity contribution in [2.24, 2.45) is 0 Å². The Labute approximate surface area is 171 Å². The molecule has 5 rings (SSSR count). The van der Waals surface area contributed by atoms with Crippen LogP contribution in [0.25, 0.3) is 10.9 Å². The number of amides is 1. The van der Waals surface area contributed by atoms with E-state index >= 15 is 0 Å². The van der Waals surface area contributed by atoms with Crippen LogP contribution >= 0.6 is 0 Å². The van der Waals surface area contributed by atoms with Gasteiger partial charge in [0.1, 0.15) is 0 Å². The molecule has 0 unspecified atom stereocenters. The van der Waals surface area contributed by atoms with Gasteiger partial charge in [0.15, 0.2) is 0 Å². The molecule has 4 nitrogen and oxygen atoms in total. The zero-order chi connectivity index (χ0) is 19.6. The molecule has 0 aliphatic carbocycles. The Morgan fingerprint density at radius 1 is 0.966 bits per heavy atom. The Balaban J connectivity index is 1.50. The number of nitrogens with one attached hydrogen (secondary N) is 1. The summed E-state index contributed by atoms with van der Waals surface area (Å²) in [4.78, 5) is 20.3. The van der Waals surface area contributed by atoms with Crippen LogP contribution in [-0.4, -0.2) is 41.0 Å². The molecule has 2 aliphatic rings. The second-order valence-corrected chi connectivity index (χ2v) is 8.23.